The molecule has 1 heteroatoms. The second-order valence-electron chi connectivity index (χ2n) is 3.79. The summed E-state index contributed by atoms with van der Waals surface area (Å²) in [5.41, 5.74) is 3.35. The number of benzene rings is 1. The second-order valence-corrected chi connectivity index (χ2v) is 6.03. The van der Waals surface area contributed by atoms with E-state index in [2.05, 4.69) is 30.1 Å². The van der Waals surface area contributed by atoms with E-state index in [0.717, 1.165) is 5.92 Å². The van der Waals surface area contributed by atoms with E-state index in [0.29, 0.717) is 0 Å². The van der Waals surface area contributed by atoms with Gasteiger partial charge < -0.3 is 0 Å². The van der Waals surface area contributed by atoms with Crippen molar-refractivity contribution in [3.63, 3.8) is 0 Å². The Morgan fingerprint density at radius 1 is 1.38 bits per heavy atom. The summed E-state index contributed by atoms with van der Waals surface area (Å²) in [6, 6.07) is 6.92. The summed E-state index contributed by atoms with van der Waals surface area (Å²) in [6.45, 7) is 2.37. The molecule has 1 aromatic carbocycles. The van der Waals surface area contributed by atoms with Gasteiger partial charge >= 0.3 is 91.1 Å². The fourth-order valence-corrected chi connectivity index (χ4v) is 4.02. The van der Waals surface area contributed by atoms with Crippen molar-refractivity contribution in [2.75, 3.05) is 4.93 Å². The topological polar surface area (TPSA) is 0 Å². The SMILES string of the molecule is C[I-]c1cccc2c1CCC[C@H]2C. The molecule has 0 aliphatic heterocycles. The van der Waals surface area contributed by atoms with Crippen LogP contribution in [0.3, 0.4) is 0 Å². The van der Waals surface area contributed by atoms with Gasteiger partial charge in [0.05, 0.1) is 0 Å². The molecule has 0 saturated heterocycles. The van der Waals surface area contributed by atoms with Crippen LogP contribution in [0.15, 0.2) is 18.2 Å². The van der Waals surface area contributed by atoms with Crippen LogP contribution >= 0.6 is 0 Å². The molecule has 13 heavy (non-hydrogen) atoms. The maximum atomic E-state index is 2.37. The molecule has 1 atom stereocenters. The van der Waals surface area contributed by atoms with Crippen molar-refractivity contribution in [3.8, 4) is 0 Å². The Kier molecular flexibility index (Phi) is 2.92. The van der Waals surface area contributed by atoms with E-state index in [4.69, 9.17) is 0 Å². The first kappa shape index (κ1) is 9.50. The standard InChI is InChI=1S/C12H16I/c1-9-5-3-7-11-10(9)6-4-8-12(11)13-2/h4,6,8-9H,3,5,7H2,1-2H3/q-1/t9-/m1/s1. The van der Waals surface area contributed by atoms with E-state index >= 15 is 0 Å². The van der Waals surface area contributed by atoms with Crippen molar-refractivity contribution >= 4 is 0 Å². The zero-order chi connectivity index (χ0) is 9.26. The Morgan fingerprint density at radius 3 is 3.00 bits per heavy atom. The van der Waals surface area contributed by atoms with Gasteiger partial charge in [0.25, 0.3) is 0 Å². The average molecular weight is 287 g/mol. The molecule has 0 spiro atoms. The van der Waals surface area contributed by atoms with Crippen LogP contribution in [0.25, 0.3) is 0 Å². The molecule has 2 rings (SSSR count). The first-order valence-corrected chi connectivity index (χ1v) is 8.18. The first-order chi connectivity index (χ1) is 6.33. The summed E-state index contributed by atoms with van der Waals surface area (Å²) in [5.74, 6) is 0.805. The molecule has 0 unspecified atom stereocenters. The zero-order valence-corrected chi connectivity index (χ0v) is 10.5. The van der Waals surface area contributed by atoms with Gasteiger partial charge in [0.1, 0.15) is 0 Å². The molecule has 0 amide bonds. The molecular weight excluding hydrogens is 271 g/mol. The Balaban J connectivity index is 2.48. The van der Waals surface area contributed by atoms with Gasteiger partial charge in [-0.1, -0.05) is 0 Å². The average Bonchev–Trinajstić information content (AvgIpc) is 2.18. The van der Waals surface area contributed by atoms with Gasteiger partial charge in [-0.25, -0.2) is 0 Å². The second kappa shape index (κ2) is 3.99. The quantitative estimate of drug-likeness (QED) is 0.504. The number of fused-ring (bicyclic) bond motifs is 1. The molecule has 1 aromatic rings. The van der Waals surface area contributed by atoms with E-state index in [1.54, 1.807) is 14.7 Å². The number of hydrogen-bond donors (Lipinski definition) is 0. The van der Waals surface area contributed by atoms with E-state index in [1.165, 1.54) is 19.3 Å². The van der Waals surface area contributed by atoms with Crippen LogP contribution < -0.4 is 21.2 Å². The molecule has 0 heterocycles. The van der Waals surface area contributed by atoms with Crippen LogP contribution in [0.1, 0.15) is 36.8 Å². The summed E-state index contributed by atoms with van der Waals surface area (Å²) < 4.78 is 1.68. The fourth-order valence-electron chi connectivity index (χ4n) is 2.22. The molecule has 0 saturated carbocycles. The van der Waals surface area contributed by atoms with Crippen molar-refractivity contribution < 1.29 is 21.2 Å². The zero-order valence-electron chi connectivity index (χ0n) is 8.31. The van der Waals surface area contributed by atoms with Crippen LogP contribution in [0.5, 0.6) is 0 Å². The van der Waals surface area contributed by atoms with E-state index in [1.807, 2.05) is 0 Å². The fraction of sp³-hybridized carbons (Fsp3) is 0.500. The summed E-state index contributed by atoms with van der Waals surface area (Å²) in [7, 11) is 0. The molecule has 0 N–H and O–H groups in total. The van der Waals surface area contributed by atoms with Crippen molar-refractivity contribution in [2.24, 2.45) is 0 Å². The third-order valence-electron chi connectivity index (χ3n) is 2.95. The third kappa shape index (κ3) is 1.76. The molecule has 0 bridgehead atoms. The van der Waals surface area contributed by atoms with Crippen LogP contribution in [0.2, 0.25) is 0 Å². The van der Waals surface area contributed by atoms with Crippen molar-refractivity contribution in [3.05, 3.63) is 32.9 Å². The molecular formula is C12H16I-. The maximum absolute atomic E-state index is 2.37. The van der Waals surface area contributed by atoms with Gasteiger partial charge in [-0.15, -0.1) is 0 Å². The van der Waals surface area contributed by atoms with Crippen molar-refractivity contribution in [1.29, 1.82) is 0 Å². The minimum absolute atomic E-state index is 0.273. The van der Waals surface area contributed by atoms with Gasteiger partial charge in [0.2, 0.25) is 0 Å². The number of hydrogen-bond acceptors (Lipinski definition) is 0. The summed E-state index contributed by atoms with van der Waals surface area (Å²) in [5, 5.41) is 0. The number of halogens is 1. The van der Waals surface area contributed by atoms with Crippen molar-refractivity contribution in [1.82, 2.24) is 0 Å². The Morgan fingerprint density at radius 2 is 2.23 bits per heavy atom. The number of rotatable bonds is 1. The summed E-state index contributed by atoms with van der Waals surface area (Å²) >= 11 is 0.273. The predicted molar refractivity (Wildman–Crippen MR) is 52.4 cm³/mol. The van der Waals surface area contributed by atoms with E-state index < -0.39 is 0 Å². The third-order valence-corrected chi connectivity index (χ3v) is 5.13. The normalized spacial score (nSPS) is 21.5. The molecule has 0 fully saturated rings. The van der Waals surface area contributed by atoms with Crippen LogP contribution in [-0.2, 0) is 6.42 Å². The predicted octanol–water partition coefficient (Wildman–Crippen LogP) is 0.0148. The van der Waals surface area contributed by atoms with E-state index in [-0.39, 0.29) is 21.2 Å². The Hall–Kier alpha value is -0.0500. The van der Waals surface area contributed by atoms with Gasteiger partial charge in [-0.05, 0) is 0 Å². The van der Waals surface area contributed by atoms with E-state index in [9.17, 15) is 0 Å². The summed E-state index contributed by atoms with van der Waals surface area (Å²) in [6.07, 6.45) is 4.12. The molecule has 0 nitrogen and oxygen atoms in total. The van der Waals surface area contributed by atoms with Gasteiger partial charge in [-0.2, -0.15) is 0 Å². The van der Waals surface area contributed by atoms with Gasteiger partial charge in [0, 0.05) is 0 Å². The minimum atomic E-state index is 0.273. The van der Waals surface area contributed by atoms with Crippen LogP contribution in [-0.4, -0.2) is 4.93 Å². The number of alkyl halides is 1. The molecule has 72 valence electrons. The molecule has 0 radical (unpaired) electrons. The molecule has 1 aliphatic rings. The van der Waals surface area contributed by atoms with Gasteiger partial charge in [-0.3, -0.25) is 0 Å². The molecule has 0 aromatic heterocycles. The van der Waals surface area contributed by atoms with Crippen LogP contribution in [0.4, 0.5) is 0 Å². The summed E-state index contributed by atoms with van der Waals surface area (Å²) in [4.78, 5) is 2.37. The Labute approximate surface area is 91.0 Å². The monoisotopic (exact) mass is 287 g/mol. The Bertz CT molecular complexity index is 304. The van der Waals surface area contributed by atoms with Crippen LogP contribution in [0, 0.1) is 3.57 Å². The molecule has 1 aliphatic carbocycles. The van der Waals surface area contributed by atoms with Gasteiger partial charge in [0.15, 0.2) is 0 Å². The first-order valence-electron chi connectivity index (χ1n) is 4.94. The van der Waals surface area contributed by atoms with Crippen molar-refractivity contribution in [2.45, 2.75) is 32.1 Å².